The van der Waals surface area contributed by atoms with Gasteiger partial charge in [-0.25, -0.2) is 19.6 Å². The number of aryl methyl sites for hydroxylation is 2. The highest BCUT2D eigenvalue weighted by Crippen LogP contribution is 2.34. The third-order valence-electron chi connectivity index (χ3n) is 16.3. The second-order valence-corrected chi connectivity index (χ2v) is 26.7. The van der Waals surface area contributed by atoms with Crippen LogP contribution in [0.2, 0.25) is 5.15 Å². The van der Waals surface area contributed by atoms with Gasteiger partial charge in [0.1, 0.15) is 53.7 Å². The first-order chi connectivity index (χ1) is 45.8. The zero-order chi connectivity index (χ0) is 70.4. The highest BCUT2D eigenvalue weighted by Gasteiger charge is 2.29. The predicted octanol–water partition coefficient (Wildman–Crippen LogP) is 17.4. The fourth-order valence-electron chi connectivity index (χ4n) is 11.6. The maximum absolute atomic E-state index is 12.0. The van der Waals surface area contributed by atoms with Crippen molar-refractivity contribution in [2.24, 2.45) is 0 Å². The zero-order valence-corrected chi connectivity index (χ0v) is 60.4. The summed E-state index contributed by atoms with van der Waals surface area (Å²) in [7, 11) is 0. The number of ether oxygens (including phenoxy) is 2. The molecule has 0 bridgehead atoms. The number of aldehydes is 3. The molecule has 19 nitrogen and oxygen atoms in total. The Hall–Kier alpha value is -8.65. The van der Waals surface area contributed by atoms with Crippen molar-refractivity contribution in [1.29, 1.82) is 0 Å². The summed E-state index contributed by atoms with van der Waals surface area (Å²) in [6.07, 6.45) is 17.9. The molecular weight excluding hydrogens is 1300 g/mol. The van der Waals surface area contributed by atoms with E-state index in [1.54, 1.807) is 22.3 Å². The molecule has 8 aromatic rings. The van der Waals surface area contributed by atoms with E-state index in [0.29, 0.717) is 22.9 Å². The van der Waals surface area contributed by atoms with E-state index in [9.17, 15) is 9.59 Å². The SMILES string of the molecule is C.C.C.CC(C)(C)OC(=O)N1CCC(c2ccc(N)cc2)CC1.CC(C)(C)OC(=O)N1CCC(c2ccc(N)cc2)CC1.CC=O.CC=O.CC=O.Cc1cc(Cl)n2cncc2c1.Cc1cc(N2CCC(c3ccc(N)cc3)CC2)n2cncc2c1.Cl.Nc1ccc(C2CCNCC2)cc1. The van der Waals surface area contributed by atoms with Gasteiger partial charge in [-0.2, -0.15) is 0 Å². The molecule has 0 unspecified atom stereocenters. The average Bonchev–Trinajstić information content (AvgIpc) is 1.54. The molecule has 4 aromatic heterocycles. The number of hydrogen-bond donors (Lipinski definition) is 5. The van der Waals surface area contributed by atoms with E-state index in [-0.39, 0.29) is 46.9 Å². The fraction of sp³-hybridized carbons (Fsp3) is 0.456. The minimum absolute atomic E-state index is 0. The number of benzene rings is 4. The highest BCUT2D eigenvalue weighted by molar-refractivity contribution is 6.29. The maximum atomic E-state index is 12.0. The van der Waals surface area contributed by atoms with E-state index in [1.807, 2.05) is 126 Å². The molecule has 0 aliphatic carbocycles. The monoisotopic (exact) mass is 1420 g/mol. The van der Waals surface area contributed by atoms with E-state index >= 15 is 0 Å². The number of imidazole rings is 2. The third-order valence-corrected chi connectivity index (χ3v) is 16.6. The molecule has 2 amide bonds. The number of nitrogens with two attached hydrogens (primary N) is 4. The summed E-state index contributed by atoms with van der Waals surface area (Å²) in [6.45, 7) is 27.3. The first-order valence-corrected chi connectivity index (χ1v) is 33.7. The van der Waals surface area contributed by atoms with Gasteiger partial charge in [-0.05, 0) is 270 Å². The minimum atomic E-state index is -0.426. The van der Waals surface area contributed by atoms with Crippen LogP contribution in [0.1, 0.15) is 193 Å². The molecule has 550 valence electrons. The zero-order valence-electron chi connectivity index (χ0n) is 58.8. The summed E-state index contributed by atoms with van der Waals surface area (Å²) < 4.78 is 14.8. The van der Waals surface area contributed by atoms with Crippen LogP contribution in [-0.4, -0.2) is 123 Å². The van der Waals surface area contributed by atoms with Crippen molar-refractivity contribution < 1.29 is 33.4 Å². The number of halogens is 2. The van der Waals surface area contributed by atoms with Crippen LogP contribution in [0.4, 0.5) is 38.2 Å². The van der Waals surface area contributed by atoms with Gasteiger partial charge in [0.15, 0.2) is 0 Å². The van der Waals surface area contributed by atoms with Gasteiger partial charge in [0.2, 0.25) is 0 Å². The normalized spacial score (nSPS) is 14.5. The van der Waals surface area contributed by atoms with Gasteiger partial charge in [-0.1, -0.05) is 82.4 Å². The second kappa shape index (κ2) is 45.2. The summed E-state index contributed by atoms with van der Waals surface area (Å²) in [4.78, 5) is 64.8. The number of rotatable bonds is 5. The highest BCUT2D eigenvalue weighted by atomic mass is 35.5. The summed E-state index contributed by atoms with van der Waals surface area (Å²) >= 11 is 5.93. The van der Waals surface area contributed by atoms with Crippen molar-refractivity contribution in [2.75, 3.05) is 80.2 Å². The first-order valence-electron chi connectivity index (χ1n) is 33.3. The lowest BCUT2D eigenvalue weighted by molar-refractivity contribution is -0.106. The molecule has 4 aromatic carbocycles. The number of likely N-dealkylation sites (tertiary alicyclic amines) is 2. The number of piperidine rings is 4. The van der Waals surface area contributed by atoms with Gasteiger partial charge in [-0.15, -0.1) is 12.4 Å². The van der Waals surface area contributed by atoms with Crippen LogP contribution in [0.25, 0.3) is 11.0 Å². The predicted molar refractivity (Wildman–Crippen MR) is 420 cm³/mol. The third kappa shape index (κ3) is 30.4. The van der Waals surface area contributed by atoms with Crippen LogP contribution in [-0.2, 0) is 23.9 Å². The molecule has 21 heteroatoms. The van der Waals surface area contributed by atoms with Crippen LogP contribution < -0.4 is 33.2 Å². The molecule has 0 saturated carbocycles. The molecule has 9 N–H and O–H groups in total. The smallest absolute Gasteiger partial charge is 0.410 e. The Balaban J connectivity index is 0.000000610. The Morgan fingerprint density at radius 1 is 0.470 bits per heavy atom. The Morgan fingerprint density at radius 3 is 1.07 bits per heavy atom. The molecule has 0 spiro atoms. The number of nitrogens with one attached hydrogen (secondary N) is 1. The standard InChI is InChI=1S/C19H22N4.2C16H24N2O2.C11H16N2.C8H7ClN2.3C2H4O.3CH4.ClH/c1-14-10-18-12-21-13-23(18)19(11-14)22-8-6-16(7-9-22)15-2-4-17(20)5-3-15;2*1-16(2,3)20-15(19)18-10-8-13(9-11-18)12-4-6-14(17)7-5-12;12-11-3-1-9(2-4-11)10-5-7-13-8-6-10;1-6-2-7-4-10-5-11(7)8(9)3-6;3*1-2-3;;;;/h2-5,10-13,16H,6-9,20H2,1H3;2*4-7,13H,8-11,17H2,1-3H3;1-4,10,13H,5-8,12H2;2-5H,1H3;3*2H,1H3;3*1H4;1H. The van der Waals surface area contributed by atoms with E-state index in [0.717, 1.165) is 137 Å². The van der Waals surface area contributed by atoms with Crippen molar-refractivity contribution in [3.05, 3.63) is 185 Å². The number of nitrogen functional groups attached to an aromatic ring is 4. The lowest BCUT2D eigenvalue weighted by atomic mass is 9.89. The van der Waals surface area contributed by atoms with E-state index < -0.39 is 11.2 Å². The number of amides is 2. The molecule has 100 heavy (non-hydrogen) atoms. The van der Waals surface area contributed by atoms with Gasteiger partial charge in [0.05, 0.1) is 23.4 Å². The topological polar surface area (TPSA) is 264 Å². The largest absolute Gasteiger partial charge is 0.444 e. The Bertz CT molecular complexity index is 3490. The summed E-state index contributed by atoms with van der Waals surface area (Å²) in [6, 6.07) is 41.2. The van der Waals surface area contributed by atoms with Crippen LogP contribution in [0.3, 0.4) is 0 Å². The molecular formula is C79H118Cl2N12O7. The average molecular weight is 1420 g/mol. The van der Waals surface area contributed by atoms with Gasteiger partial charge in [0.25, 0.3) is 0 Å². The quantitative estimate of drug-likeness (QED) is 0.0609. The van der Waals surface area contributed by atoms with Crippen molar-refractivity contribution in [3.8, 4) is 0 Å². The number of pyridine rings is 2. The van der Waals surface area contributed by atoms with Crippen molar-refractivity contribution in [3.63, 3.8) is 0 Å². The molecule has 8 heterocycles. The van der Waals surface area contributed by atoms with Crippen LogP contribution >= 0.6 is 24.0 Å². The van der Waals surface area contributed by atoms with Gasteiger partial charge in [-0.3, -0.25) is 8.80 Å². The Labute approximate surface area is 608 Å². The fourth-order valence-corrected chi connectivity index (χ4v) is 11.9. The summed E-state index contributed by atoms with van der Waals surface area (Å²) in [5.41, 5.74) is 35.4. The van der Waals surface area contributed by atoms with E-state index in [1.165, 1.54) is 85.6 Å². The molecule has 0 radical (unpaired) electrons. The van der Waals surface area contributed by atoms with Crippen molar-refractivity contribution in [1.82, 2.24) is 33.9 Å². The first kappa shape index (κ1) is 89.4. The van der Waals surface area contributed by atoms with Crippen molar-refractivity contribution >= 4 is 94.7 Å². The molecule has 0 atom stereocenters. The summed E-state index contributed by atoms with van der Waals surface area (Å²) in [5.74, 6) is 3.65. The maximum Gasteiger partial charge on any atom is 0.410 e. The van der Waals surface area contributed by atoms with Crippen LogP contribution in [0.5, 0.6) is 0 Å². The molecule has 4 saturated heterocycles. The van der Waals surface area contributed by atoms with Gasteiger partial charge in [0, 0.05) is 62.0 Å². The van der Waals surface area contributed by atoms with E-state index in [2.05, 4.69) is 92.2 Å². The molecule has 4 fully saturated rings. The van der Waals surface area contributed by atoms with Gasteiger partial charge < -0.3 is 66.8 Å². The summed E-state index contributed by atoms with van der Waals surface area (Å²) in [5, 5.41) is 4.08. The molecule has 4 aliphatic heterocycles. The number of carbonyl (C=O) groups excluding carboxylic acids is 5. The number of aromatic nitrogens is 4. The van der Waals surface area contributed by atoms with E-state index in [4.69, 9.17) is 58.4 Å². The minimum Gasteiger partial charge on any atom is -0.444 e. The van der Waals surface area contributed by atoms with Crippen LogP contribution in [0.15, 0.2) is 146 Å². The second-order valence-electron chi connectivity index (χ2n) is 26.3. The molecule has 12 rings (SSSR count). The number of carbonyl (C=O) groups is 5. The van der Waals surface area contributed by atoms with Crippen molar-refractivity contribution in [2.45, 2.75) is 185 Å². The lowest BCUT2D eigenvalue weighted by Gasteiger charge is -2.34. The number of nitrogens with zero attached hydrogens (tertiary/aromatic N) is 7. The number of fused-ring (bicyclic) bond motifs is 2. The number of hydrogen-bond acceptors (Lipinski definition) is 15. The Kier molecular flexibility index (Phi) is 40.4. The van der Waals surface area contributed by atoms with Gasteiger partial charge >= 0.3 is 12.2 Å². The Morgan fingerprint density at radius 2 is 0.750 bits per heavy atom. The van der Waals surface area contributed by atoms with Crippen LogP contribution in [0, 0.1) is 13.8 Å². The lowest BCUT2D eigenvalue weighted by Crippen LogP contribution is -2.41. The molecule has 4 aliphatic rings. The number of anilines is 5.